The molecule has 0 rings (SSSR count). The third-order valence-corrected chi connectivity index (χ3v) is 5.03. The largest absolute Gasteiger partial charge is 0.392 e. The summed E-state index contributed by atoms with van der Waals surface area (Å²) in [7, 11) is -1.93. The first-order valence-electron chi connectivity index (χ1n) is 5.20. The molecule has 1 unspecified atom stereocenters. The van der Waals surface area contributed by atoms with Gasteiger partial charge in [0, 0.05) is 20.2 Å². The van der Waals surface area contributed by atoms with Crippen LogP contribution in [0.4, 0.5) is 0 Å². The monoisotopic (exact) mass is 268 g/mol. The van der Waals surface area contributed by atoms with Gasteiger partial charge in [0.25, 0.3) is 0 Å². The number of nitrogens with two attached hydrogens (primary N) is 1. The van der Waals surface area contributed by atoms with Gasteiger partial charge < -0.3 is 10.5 Å². The van der Waals surface area contributed by atoms with E-state index in [9.17, 15) is 8.42 Å². The van der Waals surface area contributed by atoms with E-state index in [1.807, 2.05) is 6.92 Å². The Morgan fingerprint density at radius 1 is 1.50 bits per heavy atom. The molecule has 0 saturated carbocycles. The quantitative estimate of drug-likeness (QED) is 0.508. The molecule has 0 fully saturated rings. The minimum Gasteiger partial charge on any atom is -0.392 e. The summed E-state index contributed by atoms with van der Waals surface area (Å²) in [6.07, 6.45) is 0.386. The van der Waals surface area contributed by atoms with E-state index in [1.54, 1.807) is 6.92 Å². The molecule has 0 aliphatic carbocycles. The second-order valence-corrected chi connectivity index (χ2v) is 6.06. The smallest absolute Gasteiger partial charge is 0.223 e. The van der Waals surface area contributed by atoms with Crippen LogP contribution in [0.15, 0.2) is 0 Å². The third kappa shape index (κ3) is 4.32. The average Bonchev–Trinajstić information content (AvgIpc) is 2.17. The van der Waals surface area contributed by atoms with Gasteiger partial charge in [-0.2, -0.15) is 0 Å². The lowest BCUT2D eigenvalue weighted by molar-refractivity contribution is 0.138. The van der Waals surface area contributed by atoms with Crippen LogP contribution >= 0.6 is 12.2 Å². The number of hydrogen-bond donors (Lipinski definition) is 1. The zero-order valence-corrected chi connectivity index (χ0v) is 11.6. The van der Waals surface area contributed by atoms with Gasteiger partial charge in [0.05, 0.1) is 11.6 Å². The first-order chi connectivity index (χ1) is 7.37. The predicted molar refractivity (Wildman–Crippen MR) is 68.9 cm³/mol. The van der Waals surface area contributed by atoms with Crippen molar-refractivity contribution in [3.63, 3.8) is 0 Å². The van der Waals surface area contributed by atoms with Gasteiger partial charge in [-0.05, 0) is 13.3 Å². The fraction of sp³-hybridized carbons (Fsp3) is 0.889. The fourth-order valence-electron chi connectivity index (χ4n) is 1.24. The molecule has 0 aromatic rings. The zero-order valence-electron chi connectivity index (χ0n) is 9.97. The van der Waals surface area contributed by atoms with Crippen LogP contribution < -0.4 is 5.73 Å². The van der Waals surface area contributed by atoms with E-state index in [0.717, 1.165) is 0 Å². The van der Waals surface area contributed by atoms with E-state index in [2.05, 4.69) is 0 Å². The van der Waals surface area contributed by atoms with Crippen LogP contribution in [0, 0.1) is 0 Å². The van der Waals surface area contributed by atoms with Gasteiger partial charge in [-0.3, -0.25) is 0 Å². The van der Waals surface area contributed by atoms with E-state index in [1.165, 1.54) is 11.4 Å². The van der Waals surface area contributed by atoms with Crippen LogP contribution in [0.3, 0.4) is 0 Å². The van der Waals surface area contributed by atoms with Crippen LogP contribution in [0.5, 0.6) is 0 Å². The molecule has 0 bridgehead atoms. The lowest BCUT2D eigenvalue weighted by Crippen LogP contribution is -2.43. The standard InChI is InChI=1S/C9H20N2O3S2/c1-4-8(9(10)15)16(12,13)11(3)6-7-14-5-2/h8H,4-7H2,1-3H3,(H2,10,15). The Morgan fingerprint density at radius 3 is 2.44 bits per heavy atom. The van der Waals surface area contributed by atoms with E-state index in [-0.39, 0.29) is 4.99 Å². The molecule has 1 atom stereocenters. The van der Waals surface area contributed by atoms with Crippen molar-refractivity contribution < 1.29 is 13.2 Å². The first kappa shape index (κ1) is 15.8. The molecule has 0 aromatic carbocycles. The Balaban J connectivity index is 4.57. The maximum atomic E-state index is 12.0. The Morgan fingerprint density at radius 2 is 2.06 bits per heavy atom. The first-order valence-corrected chi connectivity index (χ1v) is 7.11. The number of rotatable bonds is 8. The van der Waals surface area contributed by atoms with Crippen LogP contribution in [-0.2, 0) is 14.8 Å². The maximum Gasteiger partial charge on any atom is 0.223 e. The van der Waals surface area contributed by atoms with E-state index in [4.69, 9.17) is 22.7 Å². The number of likely N-dealkylation sites (N-methyl/N-ethyl adjacent to an activating group) is 1. The highest BCUT2D eigenvalue weighted by atomic mass is 32.2. The van der Waals surface area contributed by atoms with Crippen molar-refractivity contribution in [2.45, 2.75) is 25.5 Å². The highest BCUT2D eigenvalue weighted by molar-refractivity contribution is 7.92. The van der Waals surface area contributed by atoms with Crippen LogP contribution in [0.25, 0.3) is 0 Å². The summed E-state index contributed by atoms with van der Waals surface area (Å²) in [5.74, 6) is 0. The predicted octanol–water partition coefficient (Wildman–Crippen LogP) is 0.349. The van der Waals surface area contributed by atoms with E-state index in [0.29, 0.717) is 26.2 Å². The van der Waals surface area contributed by atoms with Gasteiger partial charge in [-0.25, -0.2) is 12.7 Å². The summed E-state index contributed by atoms with van der Waals surface area (Å²) in [6, 6.07) is 0. The van der Waals surface area contributed by atoms with Crippen molar-refractivity contribution in [2.75, 3.05) is 26.8 Å². The summed E-state index contributed by atoms with van der Waals surface area (Å²) in [5, 5.41) is -0.783. The number of hydrogen-bond acceptors (Lipinski definition) is 4. The highest BCUT2D eigenvalue weighted by Gasteiger charge is 2.30. The van der Waals surface area contributed by atoms with Crippen molar-refractivity contribution in [1.82, 2.24) is 4.31 Å². The number of nitrogens with zero attached hydrogens (tertiary/aromatic N) is 1. The molecule has 16 heavy (non-hydrogen) atoms. The molecular formula is C9H20N2O3S2. The third-order valence-electron chi connectivity index (χ3n) is 2.24. The van der Waals surface area contributed by atoms with Gasteiger partial charge >= 0.3 is 0 Å². The van der Waals surface area contributed by atoms with Gasteiger partial charge in [-0.15, -0.1) is 0 Å². The molecule has 0 amide bonds. The Bertz CT molecular complexity index is 317. The van der Waals surface area contributed by atoms with Crippen molar-refractivity contribution in [3.05, 3.63) is 0 Å². The molecule has 5 nitrogen and oxygen atoms in total. The van der Waals surface area contributed by atoms with Gasteiger partial charge in [-0.1, -0.05) is 19.1 Å². The van der Waals surface area contributed by atoms with Crippen molar-refractivity contribution >= 4 is 27.2 Å². The SMILES string of the molecule is CCOCCN(C)S(=O)(=O)C(CC)C(N)=S. The Hall–Kier alpha value is -0.240. The summed E-state index contributed by atoms with van der Waals surface area (Å²) in [4.78, 5) is 0.0192. The van der Waals surface area contributed by atoms with Crippen molar-refractivity contribution in [2.24, 2.45) is 5.73 Å². The van der Waals surface area contributed by atoms with Crippen LogP contribution in [-0.4, -0.2) is 49.8 Å². The zero-order chi connectivity index (χ0) is 12.8. The van der Waals surface area contributed by atoms with Crippen LogP contribution in [0.1, 0.15) is 20.3 Å². The highest BCUT2D eigenvalue weighted by Crippen LogP contribution is 2.11. The molecule has 0 aliphatic heterocycles. The number of ether oxygens (including phenoxy) is 1. The van der Waals surface area contributed by atoms with Crippen LogP contribution in [0.2, 0.25) is 0 Å². The number of sulfonamides is 1. The summed E-state index contributed by atoms with van der Waals surface area (Å²) in [6.45, 7) is 4.87. The van der Waals surface area contributed by atoms with E-state index < -0.39 is 15.3 Å². The molecule has 2 N–H and O–H groups in total. The lowest BCUT2D eigenvalue weighted by atomic mass is 10.3. The maximum absolute atomic E-state index is 12.0. The van der Waals surface area contributed by atoms with Crippen molar-refractivity contribution in [3.8, 4) is 0 Å². The molecule has 0 aromatic heterocycles. The molecule has 96 valence electrons. The second-order valence-electron chi connectivity index (χ2n) is 3.36. The fourth-order valence-corrected chi connectivity index (χ4v) is 3.25. The minimum atomic E-state index is -3.44. The molecule has 0 saturated heterocycles. The van der Waals surface area contributed by atoms with Gasteiger partial charge in [0.15, 0.2) is 0 Å². The summed E-state index contributed by atoms with van der Waals surface area (Å²) < 4.78 is 30.3. The van der Waals surface area contributed by atoms with E-state index >= 15 is 0 Å². The summed E-state index contributed by atoms with van der Waals surface area (Å²) in [5.41, 5.74) is 5.42. The normalized spacial score (nSPS) is 14.0. The minimum absolute atomic E-state index is 0.0192. The van der Waals surface area contributed by atoms with Crippen molar-refractivity contribution in [1.29, 1.82) is 0 Å². The molecule has 0 radical (unpaired) electrons. The molecule has 0 heterocycles. The second kappa shape index (κ2) is 7.16. The number of thiocarbonyl (C=S) groups is 1. The Labute approximate surface area is 103 Å². The average molecular weight is 268 g/mol. The summed E-state index contributed by atoms with van der Waals surface area (Å²) >= 11 is 4.76. The topological polar surface area (TPSA) is 72.6 Å². The van der Waals surface area contributed by atoms with Gasteiger partial charge in [0.2, 0.25) is 10.0 Å². The molecule has 7 heteroatoms. The molecule has 0 spiro atoms. The lowest BCUT2D eigenvalue weighted by Gasteiger charge is -2.22. The molecule has 0 aliphatic rings. The van der Waals surface area contributed by atoms with Gasteiger partial charge in [0.1, 0.15) is 5.25 Å². The Kier molecular flexibility index (Phi) is 7.05. The molecular weight excluding hydrogens is 248 g/mol.